The Bertz CT molecular complexity index is 495. The SMILES string of the molecule is CCC/C=C/C1CCC(c2ccc(OCCC)c(CCC)c2)CC1. The Balaban J connectivity index is 1.98. The van der Waals surface area contributed by atoms with Crippen molar-refractivity contribution in [3.63, 3.8) is 0 Å². The van der Waals surface area contributed by atoms with Crippen LogP contribution in [0.4, 0.5) is 0 Å². The third kappa shape index (κ3) is 5.69. The van der Waals surface area contributed by atoms with Crippen LogP contribution in [0, 0.1) is 5.92 Å². The molecule has 0 unspecified atom stereocenters. The highest BCUT2D eigenvalue weighted by Crippen LogP contribution is 2.38. The molecule has 24 heavy (non-hydrogen) atoms. The number of allylic oxidation sites excluding steroid dienone is 2. The molecule has 1 fully saturated rings. The summed E-state index contributed by atoms with van der Waals surface area (Å²) in [6, 6.07) is 6.98. The third-order valence-corrected chi connectivity index (χ3v) is 5.17. The normalized spacial score (nSPS) is 21.3. The van der Waals surface area contributed by atoms with E-state index in [0.717, 1.165) is 37.0 Å². The molecule has 0 heterocycles. The van der Waals surface area contributed by atoms with E-state index in [9.17, 15) is 0 Å². The van der Waals surface area contributed by atoms with E-state index in [2.05, 4.69) is 51.1 Å². The lowest BCUT2D eigenvalue weighted by molar-refractivity contribution is 0.313. The summed E-state index contributed by atoms with van der Waals surface area (Å²) in [7, 11) is 0. The largest absolute Gasteiger partial charge is 0.493 e. The van der Waals surface area contributed by atoms with Gasteiger partial charge in [0.15, 0.2) is 0 Å². The van der Waals surface area contributed by atoms with Crippen LogP contribution in [-0.4, -0.2) is 6.61 Å². The van der Waals surface area contributed by atoms with Crippen LogP contribution in [0.5, 0.6) is 5.75 Å². The van der Waals surface area contributed by atoms with Gasteiger partial charge in [0.25, 0.3) is 0 Å². The van der Waals surface area contributed by atoms with Crippen LogP contribution in [-0.2, 0) is 6.42 Å². The van der Waals surface area contributed by atoms with Gasteiger partial charge in [-0.05, 0) is 74.0 Å². The molecule has 0 spiro atoms. The molecular weight excluding hydrogens is 292 g/mol. The average Bonchev–Trinajstić information content (AvgIpc) is 2.62. The summed E-state index contributed by atoms with van der Waals surface area (Å²) in [6.07, 6.45) is 16.1. The van der Waals surface area contributed by atoms with E-state index >= 15 is 0 Å². The first-order valence-corrected chi connectivity index (χ1v) is 10.2. The highest BCUT2D eigenvalue weighted by Gasteiger charge is 2.21. The highest BCUT2D eigenvalue weighted by molar-refractivity contribution is 5.39. The summed E-state index contributed by atoms with van der Waals surface area (Å²) in [6.45, 7) is 7.50. The van der Waals surface area contributed by atoms with Gasteiger partial charge >= 0.3 is 0 Å². The Labute approximate surface area is 149 Å². The van der Waals surface area contributed by atoms with Crippen molar-refractivity contribution in [3.8, 4) is 5.75 Å². The summed E-state index contributed by atoms with van der Waals surface area (Å²) in [4.78, 5) is 0. The van der Waals surface area contributed by atoms with Gasteiger partial charge in [0.1, 0.15) is 5.75 Å². The Morgan fingerprint density at radius 2 is 1.79 bits per heavy atom. The van der Waals surface area contributed by atoms with Crippen LogP contribution >= 0.6 is 0 Å². The summed E-state index contributed by atoms with van der Waals surface area (Å²) in [5.41, 5.74) is 2.95. The fourth-order valence-corrected chi connectivity index (χ4v) is 3.77. The van der Waals surface area contributed by atoms with Gasteiger partial charge in [-0.25, -0.2) is 0 Å². The Hall–Kier alpha value is -1.24. The number of ether oxygens (including phenoxy) is 1. The average molecular weight is 329 g/mol. The molecule has 0 aromatic heterocycles. The summed E-state index contributed by atoms with van der Waals surface area (Å²) < 4.78 is 5.94. The molecule has 0 amide bonds. The van der Waals surface area contributed by atoms with Crippen LogP contribution in [0.2, 0.25) is 0 Å². The zero-order chi connectivity index (χ0) is 17.2. The van der Waals surface area contributed by atoms with Gasteiger partial charge in [-0.15, -0.1) is 0 Å². The maximum absolute atomic E-state index is 5.94. The fraction of sp³-hybridized carbons (Fsp3) is 0.652. The van der Waals surface area contributed by atoms with Crippen LogP contribution in [0.15, 0.2) is 30.4 Å². The van der Waals surface area contributed by atoms with Crippen molar-refractivity contribution in [2.75, 3.05) is 6.61 Å². The summed E-state index contributed by atoms with van der Waals surface area (Å²) in [5, 5.41) is 0. The van der Waals surface area contributed by atoms with Gasteiger partial charge in [0.2, 0.25) is 0 Å². The standard InChI is InChI=1S/C23H36O/c1-4-7-8-10-19-11-13-20(14-12-19)21-15-16-23(24-17-6-3)22(18-21)9-5-2/h8,10,15-16,18-20H,4-7,9,11-14,17H2,1-3H3/b10-8+. The fourth-order valence-electron chi connectivity index (χ4n) is 3.77. The molecule has 1 nitrogen and oxygen atoms in total. The van der Waals surface area contributed by atoms with Crippen LogP contribution < -0.4 is 4.74 Å². The van der Waals surface area contributed by atoms with E-state index in [1.54, 1.807) is 5.56 Å². The van der Waals surface area contributed by atoms with Gasteiger partial charge in [0, 0.05) is 0 Å². The molecule has 1 saturated carbocycles. The van der Waals surface area contributed by atoms with E-state index < -0.39 is 0 Å². The molecule has 0 aliphatic heterocycles. The second-order valence-corrected chi connectivity index (χ2v) is 7.29. The Morgan fingerprint density at radius 1 is 1.00 bits per heavy atom. The maximum Gasteiger partial charge on any atom is 0.122 e. The third-order valence-electron chi connectivity index (χ3n) is 5.17. The van der Waals surface area contributed by atoms with Gasteiger partial charge in [0.05, 0.1) is 6.61 Å². The molecule has 0 N–H and O–H groups in total. The molecule has 1 aromatic rings. The molecular formula is C23H36O. The zero-order valence-electron chi connectivity index (χ0n) is 16.0. The predicted octanol–water partition coefficient (Wildman–Crippen LogP) is 7.06. The van der Waals surface area contributed by atoms with Crippen molar-refractivity contribution < 1.29 is 4.74 Å². The van der Waals surface area contributed by atoms with Gasteiger partial charge in [-0.3, -0.25) is 0 Å². The van der Waals surface area contributed by atoms with Crippen LogP contribution in [0.1, 0.15) is 89.2 Å². The monoisotopic (exact) mass is 328 g/mol. The van der Waals surface area contributed by atoms with E-state index in [1.807, 2.05) is 0 Å². The molecule has 0 atom stereocenters. The Morgan fingerprint density at radius 3 is 2.46 bits per heavy atom. The van der Waals surface area contributed by atoms with Crippen molar-refractivity contribution in [2.45, 2.75) is 84.5 Å². The minimum Gasteiger partial charge on any atom is -0.493 e. The molecule has 1 aromatic carbocycles. The molecule has 0 bridgehead atoms. The van der Waals surface area contributed by atoms with Crippen LogP contribution in [0.25, 0.3) is 0 Å². The topological polar surface area (TPSA) is 9.23 Å². The summed E-state index contributed by atoms with van der Waals surface area (Å²) >= 11 is 0. The number of unbranched alkanes of at least 4 members (excludes halogenated alkanes) is 1. The minimum atomic E-state index is 0.747. The number of benzene rings is 1. The maximum atomic E-state index is 5.94. The van der Waals surface area contributed by atoms with E-state index in [0.29, 0.717) is 0 Å². The van der Waals surface area contributed by atoms with Crippen molar-refractivity contribution in [1.29, 1.82) is 0 Å². The first kappa shape index (κ1) is 19.1. The number of hydrogen-bond donors (Lipinski definition) is 0. The number of rotatable bonds is 9. The molecule has 2 rings (SSSR count). The second-order valence-electron chi connectivity index (χ2n) is 7.29. The minimum absolute atomic E-state index is 0.747. The Kier molecular flexibility index (Phi) is 8.42. The highest BCUT2D eigenvalue weighted by atomic mass is 16.5. The lowest BCUT2D eigenvalue weighted by atomic mass is 9.78. The predicted molar refractivity (Wildman–Crippen MR) is 105 cm³/mol. The zero-order valence-corrected chi connectivity index (χ0v) is 16.0. The van der Waals surface area contributed by atoms with Crippen molar-refractivity contribution in [3.05, 3.63) is 41.5 Å². The van der Waals surface area contributed by atoms with Crippen LogP contribution in [0.3, 0.4) is 0 Å². The molecule has 1 aliphatic rings. The van der Waals surface area contributed by atoms with E-state index in [1.165, 1.54) is 50.5 Å². The first-order chi connectivity index (χ1) is 11.8. The van der Waals surface area contributed by atoms with Gasteiger partial charge in [-0.1, -0.05) is 57.9 Å². The smallest absolute Gasteiger partial charge is 0.122 e. The quantitative estimate of drug-likeness (QED) is 0.441. The lowest BCUT2D eigenvalue weighted by Gasteiger charge is -2.28. The van der Waals surface area contributed by atoms with Crippen molar-refractivity contribution in [1.82, 2.24) is 0 Å². The van der Waals surface area contributed by atoms with Crippen molar-refractivity contribution >= 4 is 0 Å². The first-order valence-electron chi connectivity index (χ1n) is 10.2. The summed E-state index contributed by atoms with van der Waals surface area (Å²) in [5.74, 6) is 2.67. The molecule has 1 heteroatoms. The molecule has 1 aliphatic carbocycles. The lowest BCUT2D eigenvalue weighted by Crippen LogP contribution is -2.12. The van der Waals surface area contributed by atoms with E-state index in [4.69, 9.17) is 4.74 Å². The van der Waals surface area contributed by atoms with E-state index in [-0.39, 0.29) is 0 Å². The molecule has 0 radical (unpaired) electrons. The van der Waals surface area contributed by atoms with Crippen molar-refractivity contribution in [2.24, 2.45) is 5.92 Å². The number of aryl methyl sites for hydroxylation is 1. The number of hydrogen-bond acceptors (Lipinski definition) is 1. The van der Waals surface area contributed by atoms with Gasteiger partial charge < -0.3 is 4.74 Å². The second kappa shape index (κ2) is 10.6. The molecule has 134 valence electrons. The molecule has 0 saturated heterocycles. The van der Waals surface area contributed by atoms with Gasteiger partial charge in [-0.2, -0.15) is 0 Å².